The number of Topliss-reactive ketones (excluding diaryl/α,β-unsaturated/α-hetero) is 1. The summed E-state index contributed by atoms with van der Waals surface area (Å²) in [6.45, 7) is 4.12. The SMILES string of the molecule is CC[C@H](C)C(=O)C(=O)NCCc1c(-c2ccc[n+](C)c2)[nH]c2ccccc12. The summed E-state index contributed by atoms with van der Waals surface area (Å²) >= 11 is 0. The number of rotatable bonds is 7. The fourth-order valence-electron chi connectivity index (χ4n) is 3.24. The molecule has 5 nitrogen and oxygen atoms in total. The van der Waals surface area contributed by atoms with Crippen LogP contribution in [-0.2, 0) is 23.1 Å². The number of aromatic nitrogens is 2. The number of carbonyl (C=O) groups is 2. The van der Waals surface area contributed by atoms with Crippen LogP contribution in [0.15, 0.2) is 48.8 Å². The molecule has 5 heteroatoms. The number of nitrogens with zero attached hydrogens (tertiary/aromatic N) is 1. The van der Waals surface area contributed by atoms with E-state index in [9.17, 15) is 9.59 Å². The third kappa shape index (κ3) is 4.08. The predicted octanol–water partition coefficient (Wildman–Crippen LogP) is 2.93. The van der Waals surface area contributed by atoms with Gasteiger partial charge < -0.3 is 10.3 Å². The second-order valence-electron chi connectivity index (χ2n) is 6.96. The molecule has 0 radical (unpaired) electrons. The van der Waals surface area contributed by atoms with Crippen LogP contribution in [0, 0.1) is 5.92 Å². The van der Waals surface area contributed by atoms with Crippen molar-refractivity contribution >= 4 is 22.6 Å². The maximum absolute atomic E-state index is 12.1. The lowest BCUT2D eigenvalue weighted by atomic mass is 10.0. The second-order valence-corrected chi connectivity index (χ2v) is 6.96. The van der Waals surface area contributed by atoms with Gasteiger partial charge in [-0.25, -0.2) is 4.57 Å². The average Bonchev–Trinajstić information content (AvgIpc) is 3.05. The van der Waals surface area contributed by atoms with E-state index < -0.39 is 5.91 Å². The van der Waals surface area contributed by atoms with Crippen LogP contribution in [0.25, 0.3) is 22.2 Å². The Kier molecular flexibility index (Phi) is 5.69. The standard InChI is InChI=1S/C22H25N3O2/c1-4-15(2)21(26)22(27)23-12-11-18-17-9-5-6-10-19(17)24-20(18)16-8-7-13-25(3)14-16/h5-10,13-15,24H,4,11-12H2,1-3H3/p+1/t15-/m0/s1. The van der Waals surface area contributed by atoms with Crippen LogP contribution in [0.4, 0.5) is 0 Å². The van der Waals surface area contributed by atoms with Crippen LogP contribution in [0.2, 0.25) is 0 Å². The number of aryl methyl sites for hydroxylation is 1. The highest BCUT2D eigenvalue weighted by molar-refractivity contribution is 6.36. The molecule has 2 aromatic heterocycles. The zero-order valence-corrected chi connectivity index (χ0v) is 16.1. The van der Waals surface area contributed by atoms with Crippen LogP contribution in [0.5, 0.6) is 0 Å². The minimum absolute atomic E-state index is 0.238. The lowest BCUT2D eigenvalue weighted by Gasteiger charge is -2.09. The molecule has 1 amide bonds. The first kappa shape index (κ1) is 18.8. The molecule has 0 fully saturated rings. The first-order chi connectivity index (χ1) is 13.0. The Bertz CT molecular complexity index is 975. The van der Waals surface area contributed by atoms with E-state index >= 15 is 0 Å². The highest BCUT2D eigenvalue weighted by Gasteiger charge is 2.20. The van der Waals surface area contributed by atoms with Crippen molar-refractivity contribution in [2.24, 2.45) is 13.0 Å². The summed E-state index contributed by atoms with van der Waals surface area (Å²) in [6, 6.07) is 12.2. The van der Waals surface area contributed by atoms with E-state index in [2.05, 4.69) is 34.7 Å². The molecular formula is C22H26N3O2+. The minimum atomic E-state index is -0.489. The minimum Gasteiger partial charge on any atom is -0.354 e. The van der Waals surface area contributed by atoms with Crippen molar-refractivity contribution in [3.05, 3.63) is 54.4 Å². The van der Waals surface area contributed by atoms with Crippen molar-refractivity contribution < 1.29 is 14.2 Å². The number of aromatic amines is 1. The number of benzene rings is 1. The number of H-pyrrole nitrogens is 1. The third-order valence-electron chi connectivity index (χ3n) is 4.99. The average molecular weight is 364 g/mol. The zero-order chi connectivity index (χ0) is 19.4. The maximum Gasteiger partial charge on any atom is 0.287 e. The van der Waals surface area contributed by atoms with E-state index in [1.807, 2.05) is 42.9 Å². The quantitative estimate of drug-likeness (QED) is 0.500. The predicted molar refractivity (Wildman–Crippen MR) is 106 cm³/mol. The van der Waals surface area contributed by atoms with Gasteiger partial charge in [0.1, 0.15) is 7.05 Å². The van der Waals surface area contributed by atoms with E-state index in [0.29, 0.717) is 19.4 Å². The molecule has 2 heterocycles. The van der Waals surface area contributed by atoms with Crippen LogP contribution in [0.3, 0.4) is 0 Å². The second kappa shape index (κ2) is 8.16. The van der Waals surface area contributed by atoms with Crippen LogP contribution in [0.1, 0.15) is 25.8 Å². The Morgan fingerprint density at radius 3 is 2.70 bits per heavy atom. The van der Waals surface area contributed by atoms with Gasteiger partial charge in [0.15, 0.2) is 12.4 Å². The molecule has 140 valence electrons. The molecule has 0 saturated carbocycles. The number of fused-ring (bicyclic) bond motifs is 1. The van der Waals surface area contributed by atoms with Gasteiger partial charge in [-0.2, -0.15) is 0 Å². The fourth-order valence-corrected chi connectivity index (χ4v) is 3.24. The number of hydrogen-bond donors (Lipinski definition) is 2. The summed E-state index contributed by atoms with van der Waals surface area (Å²) in [5.74, 6) is -1.07. The van der Waals surface area contributed by atoms with Crippen molar-refractivity contribution in [1.29, 1.82) is 0 Å². The van der Waals surface area contributed by atoms with Gasteiger partial charge in [0.25, 0.3) is 5.91 Å². The van der Waals surface area contributed by atoms with Gasteiger partial charge >= 0.3 is 0 Å². The summed E-state index contributed by atoms with van der Waals surface area (Å²) in [7, 11) is 1.99. The van der Waals surface area contributed by atoms with E-state index in [0.717, 1.165) is 27.7 Å². The summed E-state index contributed by atoms with van der Waals surface area (Å²) in [4.78, 5) is 27.5. The Morgan fingerprint density at radius 2 is 1.96 bits per heavy atom. The van der Waals surface area contributed by atoms with Crippen molar-refractivity contribution in [3.63, 3.8) is 0 Å². The number of para-hydroxylation sites is 1. The Morgan fingerprint density at radius 1 is 1.19 bits per heavy atom. The van der Waals surface area contributed by atoms with Gasteiger partial charge in [0.05, 0.1) is 11.3 Å². The molecule has 3 rings (SSSR count). The summed E-state index contributed by atoms with van der Waals surface area (Å²) in [6.07, 6.45) is 5.38. The summed E-state index contributed by atoms with van der Waals surface area (Å²) in [5, 5.41) is 3.92. The van der Waals surface area contributed by atoms with E-state index in [1.54, 1.807) is 6.92 Å². The highest BCUT2D eigenvalue weighted by Crippen LogP contribution is 2.29. The molecule has 0 saturated heterocycles. The molecule has 3 aromatic rings. The molecule has 2 N–H and O–H groups in total. The van der Waals surface area contributed by atoms with Gasteiger partial charge in [-0.3, -0.25) is 9.59 Å². The summed E-state index contributed by atoms with van der Waals surface area (Å²) < 4.78 is 2.01. The van der Waals surface area contributed by atoms with E-state index in [1.165, 1.54) is 0 Å². The van der Waals surface area contributed by atoms with Gasteiger partial charge in [-0.1, -0.05) is 32.0 Å². The van der Waals surface area contributed by atoms with Crippen molar-refractivity contribution in [2.75, 3.05) is 6.54 Å². The van der Waals surface area contributed by atoms with E-state index in [-0.39, 0.29) is 11.7 Å². The topological polar surface area (TPSA) is 65.8 Å². The van der Waals surface area contributed by atoms with Crippen molar-refractivity contribution in [2.45, 2.75) is 26.7 Å². The van der Waals surface area contributed by atoms with Gasteiger partial charge in [-0.15, -0.1) is 0 Å². The van der Waals surface area contributed by atoms with Crippen LogP contribution in [-0.4, -0.2) is 23.2 Å². The Labute approximate surface area is 159 Å². The molecule has 0 unspecified atom stereocenters. The molecule has 0 spiro atoms. The Hall–Kier alpha value is -2.95. The molecule has 1 aromatic carbocycles. The number of pyridine rings is 1. The lowest BCUT2D eigenvalue weighted by Crippen LogP contribution is -2.35. The Balaban J connectivity index is 1.84. The number of amides is 1. The van der Waals surface area contributed by atoms with E-state index in [4.69, 9.17) is 0 Å². The van der Waals surface area contributed by atoms with Crippen LogP contribution >= 0.6 is 0 Å². The first-order valence-corrected chi connectivity index (χ1v) is 9.38. The monoisotopic (exact) mass is 364 g/mol. The molecule has 0 aliphatic rings. The van der Waals surface area contributed by atoms with Gasteiger partial charge in [0.2, 0.25) is 5.78 Å². The van der Waals surface area contributed by atoms with Crippen molar-refractivity contribution in [1.82, 2.24) is 10.3 Å². The molecule has 0 aliphatic carbocycles. The van der Waals surface area contributed by atoms with Crippen LogP contribution < -0.4 is 9.88 Å². The zero-order valence-electron chi connectivity index (χ0n) is 16.1. The molecule has 0 bridgehead atoms. The third-order valence-corrected chi connectivity index (χ3v) is 4.99. The maximum atomic E-state index is 12.1. The number of nitrogens with one attached hydrogen (secondary N) is 2. The largest absolute Gasteiger partial charge is 0.354 e. The molecular weight excluding hydrogens is 338 g/mol. The van der Waals surface area contributed by atoms with Gasteiger partial charge in [0, 0.05) is 29.4 Å². The molecule has 1 atom stereocenters. The fraction of sp³-hybridized carbons (Fsp3) is 0.318. The smallest absolute Gasteiger partial charge is 0.287 e. The number of carbonyl (C=O) groups excluding carboxylic acids is 2. The normalized spacial score (nSPS) is 12.1. The molecule has 0 aliphatic heterocycles. The first-order valence-electron chi connectivity index (χ1n) is 9.38. The number of hydrogen-bond acceptors (Lipinski definition) is 2. The van der Waals surface area contributed by atoms with Crippen molar-refractivity contribution in [3.8, 4) is 11.3 Å². The highest BCUT2D eigenvalue weighted by atomic mass is 16.2. The summed E-state index contributed by atoms with van der Waals surface area (Å²) in [5.41, 5.74) is 4.35. The van der Waals surface area contributed by atoms with Gasteiger partial charge in [-0.05, 0) is 30.5 Å². The number of ketones is 1. The molecule has 27 heavy (non-hydrogen) atoms. The lowest BCUT2D eigenvalue weighted by molar-refractivity contribution is -0.671.